The molecule has 1 fully saturated rings. The second-order valence-electron chi connectivity index (χ2n) is 4.27. The lowest BCUT2D eigenvalue weighted by molar-refractivity contribution is -0.315. The predicted octanol–water partition coefficient (Wildman–Crippen LogP) is -4.68. The first-order valence-electron chi connectivity index (χ1n) is 5.41. The zero-order valence-corrected chi connectivity index (χ0v) is 9.79. The van der Waals surface area contributed by atoms with Crippen molar-refractivity contribution < 1.29 is 45.0 Å². The van der Waals surface area contributed by atoms with Gasteiger partial charge in [0.05, 0.1) is 12.7 Å². The Balaban J connectivity index is 2.94. The fourth-order valence-corrected chi connectivity index (χ4v) is 1.79. The third kappa shape index (κ3) is 3.19. The number of rotatable bonds is 4. The third-order valence-corrected chi connectivity index (χ3v) is 2.89. The average Bonchev–Trinajstić information content (AvgIpc) is 2.40. The molecule has 19 heavy (non-hydrogen) atoms. The summed E-state index contributed by atoms with van der Waals surface area (Å²) >= 11 is 0. The van der Waals surface area contributed by atoms with Crippen molar-refractivity contribution in [1.82, 2.24) is 0 Å². The number of aliphatic hydroxyl groups is 6. The van der Waals surface area contributed by atoms with Crippen LogP contribution in [0.4, 0.5) is 0 Å². The van der Waals surface area contributed by atoms with Crippen LogP contribution in [0.15, 0.2) is 0 Å². The molecule has 1 aliphatic rings. The highest BCUT2D eigenvalue weighted by Gasteiger charge is 2.53. The van der Waals surface area contributed by atoms with Gasteiger partial charge in [0.15, 0.2) is 0 Å². The Morgan fingerprint density at radius 2 is 2.05 bits per heavy atom. The van der Waals surface area contributed by atoms with Gasteiger partial charge in [0, 0.05) is 6.42 Å². The van der Waals surface area contributed by atoms with E-state index in [4.69, 9.17) is 9.84 Å². The Morgan fingerprint density at radius 3 is 2.53 bits per heavy atom. The normalized spacial score (nSPS) is 38.6. The molecule has 6 atom stereocenters. The zero-order valence-electron chi connectivity index (χ0n) is 9.79. The molecule has 10 nitrogen and oxygen atoms in total. The summed E-state index contributed by atoms with van der Waals surface area (Å²) in [5, 5.41) is 56.5. The topological polar surface area (TPSA) is 183 Å². The van der Waals surface area contributed by atoms with Crippen molar-refractivity contribution in [1.29, 1.82) is 0 Å². The van der Waals surface area contributed by atoms with E-state index < -0.39 is 55.3 Å². The van der Waals surface area contributed by atoms with Crippen molar-refractivity contribution in [2.75, 3.05) is 6.61 Å². The fourth-order valence-electron chi connectivity index (χ4n) is 1.79. The molecule has 8 N–H and O–H groups in total. The van der Waals surface area contributed by atoms with Gasteiger partial charge in [0.1, 0.15) is 24.4 Å². The monoisotopic (exact) mass is 283 g/mol. The SMILES string of the molecule is NOC(=O)[C@]1(O)C[C@@H](O)[C@@H](O)[C@@H]([C@H](O)[C@H](O)CO)O1. The Bertz CT molecular complexity index is 327. The summed E-state index contributed by atoms with van der Waals surface area (Å²) in [5.74, 6) is 0.482. The molecule has 1 heterocycles. The summed E-state index contributed by atoms with van der Waals surface area (Å²) in [5.41, 5.74) is 0. The smallest absolute Gasteiger partial charge is 0.385 e. The van der Waals surface area contributed by atoms with E-state index in [1.165, 1.54) is 0 Å². The van der Waals surface area contributed by atoms with Gasteiger partial charge in [-0.3, -0.25) is 0 Å². The van der Waals surface area contributed by atoms with Crippen LogP contribution in [0.3, 0.4) is 0 Å². The van der Waals surface area contributed by atoms with E-state index in [1.807, 2.05) is 0 Å². The second kappa shape index (κ2) is 6.07. The molecule has 0 aromatic carbocycles. The van der Waals surface area contributed by atoms with E-state index in [9.17, 15) is 30.3 Å². The summed E-state index contributed by atoms with van der Waals surface area (Å²) in [6.07, 6.45) is -9.35. The molecule has 0 aromatic heterocycles. The zero-order chi connectivity index (χ0) is 14.8. The van der Waals surface area contributed by atoms with Gasteiger partial charge >= 0.3 is 5.97 Å². The summed E-state index contributed by atoms with van der Waals surface area (Å²) in [6.45, 7) is -0.858. The maximum absolute atomic E-state index is 11.2. The van der Waals surface area contributed by atoms with Crippen molar-refractivity contribution in [3.8, 4) is 0 Å². The Morgan fingerprint density at radius 1 is 1.47 bits per heavy atom. The van der Waals surface area contributed by atoms with Crippen molar-refractivity contribution in [2.24, 2.45) is 5.90 Å². The van der Waals surface area contributed by atoms with E-state index in [2.05, 4.69) is 10.7 Å². The highest BCUT2D eigenvalue weighted by atomic mass is 16.7. The molecule has 0 bridgehead atoms. The molecule has 0 amide bonds. The molecule has 1 saturated heterocycles. The van der Waals surface area contributed by atoms with Gasteiger partial charge in [-0.25, -0.2) is 4.79 Å². The standard InChI is InChI=1S/C9H17NO9/c10-19-8(16)9(17)1-3(12)5(14)7(18-9)6(15)4(13)2-11/h3-7,11-15,17H,1-2,10H2/t3-,4-,5-,6-,7+,9+/m1/s1. The van der Waals surface area contributed by atoms with Gasteiger partial charge in [0.25, 0.3) is 5.79 Å². The van der Waals surface area contributed by atoms with Gasteiger partial charge < -0.3 is 40.2 Å². The average molecular weight is 283 g/mol. The summed E-state index contributed by atoms with van der Waals surface area (Å²) in [4.78, 5) is 15.0. The van der Waals surface area contributed by atoms with Gasteiger partial charge in [-0.2, -0.15) is 5.90 Å². The summed E-state index contributed by atoms with van der Waals surface area (Å²) in [7, 11) is 0. The van der Waals surface area contributed by atoms with Crippen molar-refractivity contribution in [3.63, 3.8) is 0 Å². The highest BCUT2D eigenvalue weighted by molar-refractivity contribution is 5.77. The molecule has 112 valence electrons. The minimum Gasteiger partial charge on any atom is -0.394 e. The molecule has 0 unspecified atom stereocenters. The van der Waals surface area contributed by atoms with Crippen LogP contribution in [0, 0.1) is 0 Å². The van der Waals surface area contributed by atoms with Crippen molar-refractivity contribution >= 4 is 5.97 Å². The highest BCUT2D eigenvalue weighted by Crippen LogP contribution is 2.30. The lowest BCUT2D eigenvalue weighted by Gasteiger charge is -2.42. The minimum atomic E-state index is -2.67. The van der Waals surface area contributed by atoms with Crippen LogP contribution in [-0.2, 0) is 14.4 Å². The van der Waals surface area contributed by atoms with Crippen LogP contribution < -0.4 is 5.90 Å². The molecular formula is C9H17NO9. The first-order valence-corrected chi connectivity index (χ1v) is 5.41. The van der Waals surface area contributed by atoms with Crippen molar-refractivity contribution in [2.45, 2.75) is 42.7 Å². The molecule has 0 aliphatic carbocycles. The molecular weight excluding hydrogens is 266 g/mol. The number of hydrogen-bond acceptors (Lipinski definition) is 10. The fraction of sp³-hybridized carbons (Fsp3) is 0.889. The van der Waals surface area contributed by atoms with E-state index in [1.54, 1.807) is 0 Å². The van der Waals surface area contributed by atoms with Gasteiger partial charge in [0.2, 0.25) is 0 Å². The molecule has 1 rings (SSSR count). The van der Waals surface area contributed by atoms with Crippen LogP contribution in [0.25, 0.3) is 0 Å². The molecule has 0 spiro atoms. The first-order chi connectivity index (χ1) is 8.76. The van der Waals surface area contributed by atoms with Crippen LogP contribution in [0.1, 0.15) is 6.42 Å². The van der Waals surface area contributed by atoms with Gasteiger partial charge in [-0.1, -0.05) is 0 Å². The Hall–Kier alpha value is -0.850. The van der Waals surface area contributed by atoms with Crippen LogP contribution in [0.2, 0.25) is 0 Å². The largest absolute Gasteiger partial charge is 0.394 e. The van der Waals surface area contributed by atoms with Crippen LogP contribution >= 0.6 is 0 Å². The quantitative estimate of drug-likeness (QED) is 0.247. The number of ether oxygens (including phenoxy) is 1. The number of carbonyl (C=O) groups is 1. The van der Waals surface area contributed by atoms with Crippen LogP contribution in [0.5, 0.6) is 0 Å². The van der Waals surface area contributed by atoms with Gasteiger partial charge in [-0.15, -0.1) is 0 Å². The molecule has 1 aliphatic heterocycles. The summed E-state index contributed by atoms with van der Waals surface area (Å²) < 4.78 is 4.76. The predicted molar refractivity (Wildman–Crippen MR) is 55.8 cm³/mol. The maximum atomic E-state index is 11.2. The number of carbonyl (C=O) groups excluding carboxylic acids is 1. The first kappa shape index (κ1) is 16.2. The van der Waals surface area contributed by atoms with E-state index >= 15 is 0 Å². The molecule has 0 aromatic rings. The van der Waals surface area contributed by atoms with Gasteiger partial charge in [-0.05, 0) is 0 Å². The van der Waals surface area contributed by atoms with E-state index in [0.29, 0.717) is 0 Å². The molecule has 0 saturated carbocycles. The van der Waals surface area contributed by atoms with Crippen molar-refractivity contribution in [3.05, 3.63) is 0 Å². The number of aliphatic hydroxyl groups excluding tert-OH is 5. The lowest BCUT2D eigenvalue weighted by atomic mass is 9.91. The van der Waals surface area contributed by atoms with Crippen LogP contribution in [-0.4, -0.2) is 79.5 Å². The third-order valence-electron chi connectivity index (χ3n) is 2.89. The van der Waals surface area contributed by atoms with E-state index in [0.717, 1.165) is 0 Å². The Kier molecular flexibility index (Phi) is 5.18. The van der Waals surface area contributed by atoms with E-state index in [-0.39, 0.29) is 0 Å². The minimum absolute atomic E-state index is 0.733. The summed E-state index contributed by atoms with van der Waals surface area (Å²) in [6, 6.07) is 0. The second-order valence-corrected chi connectivity index (χ2v) is 4.27. The number of hydrogen-bond donors (Lipinski definition) is 7. The number of nitrogens with two attached hydrogens (primary N) is 1. The lowest BCUT2D eigenvalue weighted by Crippen LogP contribution is -2.63. The molecule has 10 heteroatoms. The Labute approximate surface area is 107 Å². The maximum Gasteiger partial charge on any atom is 0.385 e. The molecule has 0 radical (unpaired) electrons.